The first-order chi connectivity index (χ1) is 9.55. The van der Waals surface area contributed by atoms with E-state index in [2.05, 4.69) is 34.4 Å². The zero-order valence-electron chi connectivity index (χ0n) is 12.9. The minimum absolute atomic E-state index is 0.248. The maximum Gasteiger partial charge on any atom is 0.132 e. The summed E-state index contributed by atoms with van der Waals surface area (Å²) in [6.07, 6.45) is 4.47. The van der Waals surface area contributed by atoms with Crippen molar-refractivity contribution in [1.29, 1.82) is 0 Å². The van der Waals surface area contributed by atoms with Crippen molar-refractivity contribution >= 4 is 22.4 Å². The molecular formula is C14H26N4OS. The Balaban J connectivity index is 2.69. The molecule has 6 heteroatoms. The van der Waals surface area contributed by atoms with Gasteiger partial charge in [-0.2, -0.15) is 0 Å². The molecule has 1 heterocycles. The summed E-state index contributed by atoms with van der Waals surface area (Å²) in [5.41, 5.74) is 0. The minimum atomic E-state index is -0.744. The maximum absolute atomic E-state index is 11.1. The Kier molecular flexibility index (Phi) is 7.51. The molecule has 0 saturated carbocycles. The fraction of sp³-hybridized carbons (Fsp3) is 0.714. The predicted octanol–water partition coefficient (Wildman–Crippen LogP) is 2.43. The Labute approximate surface area is 124 Å². The van der Waals surface area contributed by atoms with Crippen LogP contribution in [0.4, 0.5) is 11.6 Å². The largest absolute Gasteiger partial charge is 0.370 e. The third-order valence-corrected chi connectivity index (χ3v) is 3.69. The zero-order chi connectivity index (χ0) is 15.0. The van der Waals surface area contributed by atoms with Gasteiger partial charge in [0, 0.05) is 47.9 Å². The molecule has 20 heavy (non-hydrogen) atoms. The van der Waals surface area contributed by atoms with E-state index in [-0.39, 0.29) is 6.04 Å². The molecule has 1 aromatic heterocycles. The van der Waals surface area contributed by atoms with Crippen molar-refractivity contribution in [3.05, 3.63) is 11.9 Å². The van der Waals surface area contributed by atoms with E-state index in [1.54, 1.807) is 6.26 Å². The van der Waals surface area contributed by atoms with Crippen molar-refractivity contribution in [3.8, 4) is 0 Å². The van der Waals surface area contributed by atoms with Crippen LogP contribution in [0.2, 0.25) is 0 Å². The number of nitrogens with one attached hydrogen (secondary N) is 2. The van der Waals surface area contributed by atoms with Crippen LogP contribution in [-0.2, 0) is 17.2 Å². The third-order valence-electron chi connectivity index (χ3n) is 2.88. The van der Waals surface area contributed by atoms with E-state index in [4.69, 9.17) is 0 Å². The lowest BCUT2D eigenvalue weighted by Gasteiger charge is -2.15. The summed E-state index contributed by atoms with van der Waals surface area (Å²) in [6, 6.07) is 2.19. The molecule has 0 aromatic carbocycles. The molecule has 0 bridgehead atoms. The lowest BCUT2D eigenvalue weighted by molar-refractivity contribution is 0.678. The number of hydrogen-bond donors (Lipinski definition) is 2. The SMILES string of the molecule is CCCNc1cc(NC(C)CCS(C)=O)nc(CC)n1. The molecule has 0 aliphatic carbocycles. The summed E-state index contributed by atoms with van der Waals surface area (Å²) in [7, 11) is -0.744. The van der Waals surface area contributed by atoms with Gasteiger partial charge >= 0.3 is 0 Å². The van der Waals surface area contributed by atoms with Gasteiger partial charge in [-0.05, 0) is 19.8 Å². The van der Waals surface area contributed by atoms with Gasteiger partial charge in [-0.15, -0.1) is 0 Å². The van der Waals surface area contributed by atoms with Crippen molar-refractivity contribution in [2.75, 3.05) is 29.2 Å². The van der Waals surface area contributed by atoms with E-state index < -0.39 is 10.8 Å². The normalized spacial score (nSPS) is 13.8. The maximum atomic E-state index is 11.1. The summed E-state index contributed by atoms with van der Waals surface area (Å²) in [5, 5.41) is 6.66. The Morgan fingerprint density at radius 3 is 2.60 bits per heavy atom. The van der Waals surface area contributed by atoms with E-state index in [1.165, 1.54) is 0 Å². The third kappa shape index (κ3) is 6.32. The molecule has 2 atom stereocenters. The number of hydrogen-bond acceptors (Lipinski definition) is 5. The lowest BCUT2D eigenvalue weighted by atomic mass is 10.2. The molecule has 0 aliphatic heterocycles. The summed E-state index contributed by atoms with van der Waals surface area (Å²) >= 11 is 0. The number of anilines is 2. The second kappa shape index (κ2) is 8.89. The number of nitrogens with zero attached hydrogens (tertiary/aromatic N) is 2. The molecule has 0 spiro atoms. The van der Waals surface area contributed by atoms with Gasteiger partial charge < -0.3 is 10.6 Å². The monoisotopic (exact) mass is 298 g/mol. The fourth-order valence-corrected chi connectivity index (χ4v) is 2.43. The molecule has 5 nitrogen and oxygen atoms in total. The van der Waals surface area contributed by atoms with Crippen LogP contribution in [0.5, 0.6) is 0 Å². The van der Waals surface area contributed by atoms with Gasteiger partial charge in [0.15, 0.2) is 0 Å². The molecule has 2 N–H and O–H groups in total. The van der Waals surface area contributed by atoms with Crippen LogP contribution in [0.15, 0.2) is 6.07 Å². The van der Waals surface area contributed by atoms with E-state index in [1.807, 2.05) is 13.0 Å². The number of aromatic nitrogens is 2. The predicted molar refractivity (Wildman–Crippen MR) is 86.8 cm³/mol. The van der Waals surface area contributed by atoms with Crippen molar-refractivity contribution in [3.63, 3.8) is 0 Å². The molecule has 0 fully saturated rings. The van der Waals surface area contributed by atoms with Gasteiger partial charge in [-0.25, -0.2) is 9.97 Å². The zero-order valence-corrected chi connectivity index (χ0v) is 13.7. The molecule has 0 radical (unpaired) electrons. The molecule has 0 aliphatic rings. The van der Waals surface area contributed by atoms with E-state index in [9.17, 15) is 4.21 Å². The first-order valence-corrected chi connectivity index (χ1v) is 8.96. The molecule has 1 rings (SSSR count). The topological polar surface area (TPSA) is 66.9 Å². The van der Waals surface area contributed by atoms with Gasteiger partial charge in [0.25, 0.3) is 0 Å². The summed E-state index contributed by atoms with van der Waals surface area (Å²) in [6.45, 7) is 7.16. The first kappa shape index (κ1) is 16.9. The second-order valence-electron chi connectivity index (χ2n) is 4.95. The number of aryl methyl sites for hydroxylation is 1. The van der Waals surface area contributed by atoms with Crippen LogP contribution in [0.1, 0.15) is 39.4 Å². The summed E-state index contributed by atoms with van der Waals surface area (Å²) < 4.78 is 11.1. The van der Waals surface area contributed by atoms with Gasteiger partial charge in [0.1, 0.15) is 17.5 Å². The van der Waals surface area contributed by atoms with Crippen LogP contribution in [0, 0.1) is 0 Å². The van der Waals surface area contributed by atoms with E-state index in [0.717, 1.165) is 43.3 Å². The van der Waals surface area contributed by atoms with Crippen LogP contribution in [-0.4, -0.2) is 38.8 Å². The van der Waals surface area contributed by atoms with Crippen LogP contribution in [0.3, 0.4) is 0 Å². The molecule has 2 unspecified atom stereocenters. The van der Waals surface area contributed by atoms with Crippen molar-refractivity contribution < 1.29 is 4.21 Å². The van der Waals surface area contributed by atoms with Gasteiger partial charge in [0.2, 0.25) is 0 Å². The molecule has 0 amide bonds. The van der Waals surface area contributed by atoms with E-state index >= 15 is 0 Å². The Morgan fingerprint density at radius 2 is 2.00 bits per heavy atom. The molecule has 114 valence electrons. The van der Waals surface area contributed by atoms with Crippen molar-refractivity contribution in [2.45, 2.75) is 46.1 Å². The molecule has 1 aromatic rings. The quantitative estimate of drug-likeness (QED) is 0.733. The summed E-state index contributed by atoms with van der Waals surface area (Å²) in [4.78, 5) is 8.95. The van der Waals surface area contributed by atoms with Crippen molar-refractivity contribution in [2.24, 2.45) is 0 Å². The highest BCUT2D eigenvalue weighted by Gasteiger charge is 2.07. The minimum Gasteiger partial charge on any atom is -0.370 e. The molecule has 0 saturated heterocycles. The Hall–Kier alpha value is -1.17. The Morgan fingerprint density at radius 1 is 1.30 bits per heavy atom. The Bertz CT molecular complexity index is 439. The van der Waals surface area contributed by atoms with Crippen LogP contribution in [0.25, 0.3) is 0 Å². The van der Waals surface area contributed by atoms with Crippen LogP contribution >= 0.6 is 0 Å². The standard InChI is InChI=1S/C14H26N4OS/c1-5-8-15-13-10-14(18-12(6-2)17-13)16-11(3)7-9-20(4)19/h10-11H,5-9H2,1-4H3,(H2,15,16,17,18). The average molecular weight is 298 g/mol. The van der Waals surface area contributed by atoms with Crippen molar-refractivity contribution in [1.82, 2.24) is 9.97 Å². The van der Waals surface area contributed by atoms with Gasteiger partial charge in [-0.1, -0.05) is 13.8 Å². The highest BCUT2D eigenvalue weighted by atomic mass is 32.2. The summed E-state index contributed by atoms with van der Waals surface area (Å²) in [5.74, 6) is 3.25. The molecular weight excluding hydrogens is 272 g/mol. The van der Waals surface area contributed by atoms with E-state index in [0.29, 0.717) is 5.75 Å². The highest BCUT2D eigenvalue weighted by molar-refractivity contribution is 7.84. The second-order valence-corrected chi connectivity index (χ2v) is 6.50. The average Bonchev–Trinajstić information content (AvgIpc) is 2.42. The van der Waals surface area contributed by atoms with Gasteiger partial charge in [0.05, 0.1) is 0 Å². The first-order valence-electron chi connectivity index (χ1n) is 7.23. The number of rotatable bonds is 9. The lowest BCUT2D eigenvalue weighted by Crippen LogP contribution is -2.19. The fourth-order valence-electron chi connectivity index (χ4n) is 1.74. The van der Waals surface area contributed by atoms with Crippen LogP contribution < -0.4 is 10.6 Å². The van der Waals surface area contributed by atoms with Gasteiger partial charge in [-0.3, -0.25) is 4.21 Å². The highest BCUT2D eigenvalue weighted by Crippen LogP contribution is 2.14. The smallest absolute Gasteiger partial charge is 0.132 e.